The van der Waals surface area contributed by atoms with E-state index in [-0.39, 0.29) is 5.97 Å². The van der Waals surface area contributed by atoms with E-state index in [1.807, 2.05) is 36.4 Å². The molecule has 0 aliphatic carbocycles. The molecular formula is C24H30O4. The summed E-state index contributed by atoms with van der Waals surface area (Å²) in [6.45, 7) is 2.20. The Bertz CT molecular complexity index is 732. The van der Waals surface area contributed by atoms with Crippen molar-refractivity contribution in [3.8, 4) is 5.75 Å². The van der Waals surface area contributed by atoms with Crippen molar-refractivity contribution in [2.75, 3.05) is 0 Å². The summed E-state index contributed by atoms with van der Waals surface area (Å²) in [5.41, 5.74) is 2.55. The van der Waals surface area contributed by atoms with Gasteiger partial charge in [0, 0.05) is 6.42 Å². The van der Waals surface area contributed by atoms with E-state index in [9.17, 15) is 9.59 Å². The Labute approximate surface area is 167 Å². The molecule has 0 bridgehead atoms. The lowest BCUT2D eigenvalue weighted by Gasteiger charge is -2.07. The standard InChI is InChI=1S/C24H30O4/c1-2-3-4-5-6-7-8-23(25)28-22-17-13-20(14-18-22)10-9-19-11-15-21(16-12-19)24(26)27/h11-18H,2-10H2,1H3,(H,26,27). The van der Waals surface area contributed by atoms with Gasteiger partial charge in [-0.25, -0.2) is 4.79 Å². The van der Waals surface area contributed by atoms with Gasteiger partial charge in [0.1, 0.15) is 5.75 Å². The topological polar surface area (TPSA) is 63.6 Å². The van der Waals surface area contributed by atoms with Crippen LogP contribution in [0.15, 0.2) is 48.5 Å². The first-order chi connectivity index (χ1) is 13.6. The van der Waals surface area contributed by atoms with Crippen LogP contribution >= 0.6 is 0 Å². The summed E-state index contributed by atoms with van der Waals surface area (Å²) < 4.78 is 5.40. The molecule has 0 aromatic heterocycles. The van der Waals surface area contributed by atoms with E-state index in [0.717, 1.165) is 36.8 Å². The molecule has 0 amide bonds. The number of rotatable bonds is 12. The average molecular weight is 383 g/mol. The number of ether oxygens (including phenoxy) is 1. The molecule has 4 heteroatoms. The number of aromatic carboxylic acids is 1. The van der Waals surface area contributed by atoms with E-state index >= 15 is 0 Å². The second-order valence-corrected chi connectivity index (χ2v) is 7.14. The van der Waals surface area contributed by atoms with Gasteiger partial charge in [-0.15, -0.1) is 0 Å². The monoisotopic (exact) mass is 382 g/mol. The summed E-state index contributed by atoms with van der Waals surface area (Å²) in [5, 5.41) is 8.93. The molecule has 0 aliphatic rings. The third kappa shape index (κ3) is 7.95. The molecule has 0 saturated heterocycles. The number of esters is 1. The van der Waals surface area contributed by atoms with Crippen LogP contribution in [0.4, 0.5) is 0 Å². The Balaban J connectivity index is 1.70. The summed E-state index contributed by atoms with van der Waals surface area (Å²) in [7, 11) is 0. The third-order valence-corrected chi connectivity index (χ3v) is 4.79. The highest BCUT2D eigenvalue weighted by molar-refractivity contribution is 5.87. The molecule has 150 valence electrons. The summed E-state index contributed by atoms with van der Waals surface area (Å²) >= 11 is 0. The number of carboxylic acids is 1. The zero-order valence-corrected chi connectivity index (χ0v) is 16.7. The molecular weight excluding hydrogens is 352 g/mol. The highest BCUT2D eigenvalue weighted by Gasteiger charge is 2.06. The lowest BCUT2D eigenvalue weighted by Crippen LogP contribution is -2.07. The maximum atomic E-state index is 11.9. The number of unbranched alkanes of at least 4 members (excludes halogenated alkanes) is 5. The summed E-state index contributed by atoms with van der Waals surface area (Å²) in [5.74, 6) is -0.486. The molecule has 2 rings (SSSR count). The quantitative estimate of drug-likeness (QED) is 0.285. The minimum Gasteiger partial charge on any atom is -0.478 e. The first-order valence-corrected chi connectivity index (χ1v) is 10.2. The molecule has 2 aromatic carbocycles. The van der Waals surface area contributed by atoms with Crippen molar-refractivity contribution in [2.45, 2.75) is 64.7 Å². The van der Waals surface area contributed by atoms with Crippen molar-refractivity contribution in [3.05, 3.63) is 65.2 Å². The first-order valence-electron chi connectivity index (χ1n) is 10.2. The average Bonchev–Trinajstić information content (AvgIpc) is 2.70. The molecule has 0 unspecified atom stereocenters. The van der Waals surface area contributed by atoms with Crippen molar-refractivity contribution in [2.24, 2.45) is 0 Å². The number of carboxylic acid groups (broad SMARTS) is 1. The van der Waals surface area contributed by atoms with E-state index in [0.29, 0.717) is 17.7 Å². The molecule has 0 radical (unpaired) electrons. The Hall–Kier alpha value is -2.62. The fraction of sp³-hybridized carbons (Fsp3) is 0.417. The van der Waals surface area contributed by atoms with E-state index in [1.54, 1.807) is 12.1 Å². The van der Waals surface area contributed by atoms with Gasteiger partial charge in [-0.2, -0.15) is 0 Å². The van der Waals surface area contributed by atoms with E-state index < -0.39 is 5.97 Å². The molecule has 2 aromatic rings. The minimum absolute atomic E-state index is 0.165. The van der Waals surface area contributed by atoms with E-state index in [2.05, 4.69) is 6.92 Å². The van der Waals surface area contributed by atoms with Crippen LogP contribution in [-0.4, -0.2) is 17.0 Å². The van der Waals surface area contributed by atoms with Gasteiger partial charge in [0.15, 0.2) is 0 Å². The molecule has 1 N–H and O–H groups in total. The lowest BCUT2D eigenvalue weighted by molar-refractivity contribution is -0.134. The third-order valence-electron chi connectivity index (χ3n) is 4.79. The SMILES string of the molecule is CCCCCCCCC(=O)Oc1ccc(CCc2ccc(C(=O)O)cc2)cc1. The Morgan fingerprint density at radius 3 is 1.89 bits per heavy atom. The maximum Gasteiger partial charge on any atom is 0.335 e. The molecule has 0 saturated carbocycles. The van der Waals surface area contributed by atoms with Crippen molar-refractivity contribution in [1.82, 2.24) is 0 Å². The second kappa shape index (κ2) is 12.0. The molecule has 0 heterocycles. The van der Waals surface area contributed by atoms with Crippen LogP contribution in [0.2, 0.25) is 0 Å². The fourth-order valence-corrected chi connectivity index (χ4v) is 3.06. The number of hydrogen-bond donors (Lipinski definition) is 1. The second-order valence-electron chi connectivity index (χ2n) is 7.14. The van der Waals surface area contributed by atoms with E-state index in [1.165, 1.54) is 25.7 Å². The van der Waals surface area contributed by atoms with Gasteiger partial charge in [-0.1, -0.05) is 63.3 Å². The van der Waals surface area contributed by atoms with Gasteiger partial charge in [0.05, 0.1) is 5.56 Å². The molecule has 0 spiro atoms. The van der Waals surface area contributed by atoms with Gasteiger partial charge in [0.25, 0.3) is 0 Å². The molecule has 4 nitrogen and oxygen atoms in total. The predicted octanol–water partition coefficient (Wildman–Crippen LogP) is 5.83. The van der Waals surface area contributed by atoms with Gasteiger partial charge < -0.3 is 9.84 Å². The predicted molar refractivity (Wildman–Crippen MR) is 111 cm³/mol. The van der Waals surface area contributed by atoms with Gasteiger partial charge >= 0.3 is 11.9 Å². The van der Waals surface area contributed by atoms with Crippen molar-refractivity contribution < 1.29 is 19.4 Å². The number of hydrogen-bond acceptors (Lipinski definition) is 3. The van der Waals surface area contributed by atoms with E-state index in [4.69, 9.17) is 9.84 Å². The van der Waals surface area contributed by atoms with Crippen LogP contribution in [0.1, 0.15) is 73.4 Å². The largest absolute Gasteiger partial charge is 0.478 e. The van der Waals surface area contributed by atoms with Crippen molar-refractivity contribution >= 4 is 11.9 Å². The number of benzene rings is 2. The Morgan fingerprint density at radius 2 is 1.32 bits per heavy atom. The van der Waals surface area contributed by atoms with Crippen LogP contribution in [0, 0.1) is 0 Å². The molecule has 28 heavy (non-hydrogen) atoms. The van der Waals surface area contributed by atoms with Crippen molar-refractivity contribution in [1.29, 1.82) is 0 Å². The Morgan fingerprint density at radius 1 is 0.786 bits per heavy atom. The van der Waals surface area contributed by atoms with Crippen LogP contribution in [0.5, 0.6) is 5.75 Å². The van der Waals surface area contributed by atoms with Gasteiger partial charge in [-0.3, -0.25) is 4.79 Å². The maximum absolute atomic E-state index is 11.9. The normalized spacial score (nSPS) is 10.6. The summed E-state index contributed by atoms with van der Waals surface area (Å²) in [4.78, 5) is 22.8. The van der Waals surface area contributed by atoms with Crippen LogP contribution in [-0.2, 0) is 17.6 Å². The summed E-state index contributed by atoms with van der Waals surface area (Å²) in [6.07, 6.45) is 9.06. The van der Waals surface area contributed by atoms with Crippen LogP contribution < -0.4 is 4.74 Å². The van der Waals surface area contributed by atoms with Gasteiger partial charge in [0.2, 0.25) is 0 Å². The number of carbonyl (C=O) groups excluding carboxylic acids is 1. The number of aryl methyl sites for hydroxylation is 2. The Kier molecular flexibility index (Phi) is 9.26. The number of carbonyl (C=O) groups is 2. The van der Waals surface area contributed by atoms with Crippen molar-refractivity contribution in [3.63, 3.8) is 0 Å². The smallest absolute Gasteiger partial charge is 0.335 e. The zero-order valence-electron chi connectivity index (χ0n) is 16.7. The summed E-state index contributed by atoms with van der Waals surface area (Å²) in [6, 6.07) is 14.6. The van der Waals surface area contributed by atoms with Crippen LogP contribution in [0.25, 0.3) is 0 Å². The molecule has 0 atom stereocenters. The highest BCUT2D eigenvalue weighted by atomic mass is 16.5. The fourth-order valence-electron chi connectivity index (χ4n) is 3.06. The highest BCUT2D eigenvalue weighted by Crippen LogP contribution is 2.16. The minimum atomic E-state index is -0.909. The molecule has 0 aliphatic heterocycles. The first kappa shape index (κ1) is 21.7. The van der Waals surface area contributed by atoms with Gasteiger partial charge in [-0.05, 0) is 54.7 Å². The lowest BCUT2D eigenvalue weighted by atomic mass is 10.0. The molecule has 0 fully saturated rings. The zero-order chi connectivity index (χ0) is 20.2. The van der Waals surface area contributed by atoms with Crippen LogP contribution in [0.3, 0.4) is 0 Å².